The highest BCUT2D eigenvalue weighted by Gasteiger charge is 2.40. The minimum Gasteiger partial charge on any atom is -0.375 e. The Morgan fingerprint density at radius 2 is 2.00 bits per heavy atom. The van der Waals surface area contributed by atoms with E-state index in [1.54, 1.807) is 19.0 Å². The van der Waals surface area contributed by atoms with Gasteiger partial charge in [-0.1, -0.05) is 31.0 Å². The lowest BCUT2D eigenvalue weighted by Crippen LogP contribution is -2.51. The molecule has 3 rings (SSSR count). The van der Waals surface area contributed by atoms with E-state index in [1.807, 2.05) is 17.8 Å². The quantitative estimate of drug-likeness (QED) is 0.180. The second kappa shape index (κ2) is 12.8. The third kappa shape index (κ3) is 7.92. The van der Waals surface area contributed by atoms with Crippen molar-refractivity contribution in [2.75, 3.05) is 39.5 Å². The number of nitrogens with zero attached hydrogens (tertiary/aromatic N) is 2. The number of likely N-dealkylation sites (N-methyl/N-ethyl adjacent to an activating group) is 1. The molecule has 2 aliphatic rings. The molecule has 168 valence electrons. The summed E-state index contributed by atoms with van der Waals surface area (Å²) in [4.78, 5) is 19.4. The second-order valence-electron chi connectivity index (χ2n) is 8.11. The van der Waals surface area contributed by atoms with Crippen molar-refractivity contribution in [2.24, 2.45) is 4.99 Å². The highest BCUT2D eigenvalue weighted by Crippen LogP contribution is 2.39. The molecule has 1 aliphatic carbocycles. The number of rotatable bonds is 7. The third-order valence-corrected chi connectivity index (χ3v) is 6.64. The Labute approximate surface area is 202 Å². The number of nitrogens with one attached hydrogen (secondary N) is 2. The number of carbonyl (C=O) groups excluding carboxylic acids is 1. The van der Waals surface area contributed by atoms with Gasteiger partial charge in [0, 0.05) is 43.9 Å². The van der Waals surface area contributed by atoms with E-state index in [2.05, 4.69) is 39.9 Å². The molecule has 2 N–H and O–H groups in total. The number of hydrogen-bond acceptors (Lipinski definition) is 4. The van der Waals surface area contributed by atoms with Crippen LogP contribution in [-0.4, -0.2) is 68.0 Å². The van der Waals surface area contributed by atoms with Crippen molar-refractivity contribution in [3.63, 3.8) is 0 Å². The van der Waals surface area contributed by atoms with E-state index in [4.69, 9.17) is 4.74 Å². The molecule has 1 aromatic carbocycles. The van der Waals surface area contributed by atoms with Crippen molar-refractivity contribution < 1.29 is 9.53 Å². The van der Waals surface area contributed by atoms with Crippen LogP contribution in [0.3, 0.4) is 0 Å². The number of aliphatic imine (C=N–C) groups is 1. The molecule has 1 amide bonds. The second-order valence-corrected chi connectivity index (χ2v) is 9.28. The number of ether oxygens (including phenoxy) is 1. The van der Waals surface area contributed by atoms with Crippen molar-refractivity contribution in [2.45, 2.75) is 55.1 Å². The maximum atomic E-state index is 12.0. The van der Waals surface area contributed by atoms with Gasteiger partial charge in [0.2, 0.25) is 5.91 Å². The van der Waals surface area contributed by atoms with E-state index >= 15 is 0 Å². The number of benzene rings is 1. The predicted octanol–water partition coefficient (Wildman–Crippen LogP) is 3.51. The topological polar surface area (TPSA) is 66.0 Å². The van der Waals surface area contributed by atoms with Crippen molar-refractivity contribution in [1.82, 2.24) is 15.5 Å². The van der Waals surface area contributed by atoms with Crippen LogP contribution < -0.4 is 10.6 Å². The zero-order chi connectivity index (χ0) is 20.5. The van der Waals surface area contributed by atoms with Gasteiger partial charge in [0.1, 0.15) is 6.54 Å². The number of hydrogen-bond donors (Lipinski definition) is 2. The Morgan fingerprint density at radius 3 is 2.70 bits per heavy atom. The summed E-state index contributed by atoms with van der Waals surface area (Å²) in [6.45, 7) is 1.74. The highest BCUT2D eigenvalue weighted by molar-refractivity contribution is 14.0. The maximum absolute atomic E-state index is 12.0. The molecule has 0 bridgehead atoms. The van der Waals surface area contributed by atoms with Crippen molar-refractivity contribution in [3.8, 4) is 0 Å². The van der Waals surface area contributed by atoms with Gasteiger partial charge in [-0.25, -0.2) is 4.99 Å². The highest BCUT2D eigenvalue weighted by atomic mass is 127. The smallest absolute Gasteiger partial charge is 0.243 e. The first-order chi connectivity index (χ1) is 14.1. The van der Waals surface area contributed by atoms with Gasteiger partial charge < -0.3 is 20.3 Å². The summed E-state index contributed by atoms with van der Waals surface area (Å²) >= 11 is 1.81. The van der Waals surface area contributed by atoms with Crippen molar-refractivity contribution >= 4 is 47.6 Å². The zero-order valence-electron chi connectivity index (χ0n) is 18.1. The first-order valence-electron chi connectivity index (χ1n) is 10.6. The number of thioether (sulfide) groups is 1. The zero-order valence-corrected chi connectivity index (χ0v) is 21.2. The van der Waals surface area contributed by atoms with Crippen molar-refractivity contribution in [1.29, 1.82) is 0 Å². The van der Waals surface area contributed by atoms with Crippen LogP contribution in [0.15, 0.2) is 40.2 Å². The van der Waals surface area contributed by atoms with Crippen LogP contribution in [0, 0.1) is 0 Å². The molecule has 30 heavy (non-hydrogen) atoms. The minimum atomic E-state index is 0. The molecule has 1 atom stereocenters. The van der Waals surface area contributed by atoms with Gasteiger partial charge in [-0.3, -0.25) is 4.79 Å². The van der Waals surface area contributed by atoms with Crippen LogP contribution >= 0.6 is 35.7 Å². The van der Waals surface area contributed by atoms with E-state index in [0.717, 1.165) is 50.5 Å². The molecule has 1 heterocycles. The summed E-state index contributed by atoms with van der Waals surface area (Å²) in [6, 6.07) is 10.7. The summed E-state index contributed by atoms with van der Waals surface area (Å²) in [5.41, 5.74) is 0.0592. The molecule has 1 spiro atoms. The van der Waals surface area contributed by atoms with Crippen LogP contribution in [0.25, 0.3) is 0 Å². The molecule has 1 aromatic rings. The van der Waals surface area contributed by atoms with Crippen LogP contribution in [0.2, 0.25) is 0 Å². The Balaban J connectivity index is 0.00000320. The molecule has 6 nitrogen and oxygen atoms in total. The number of guanidine groups is 1. The van der Waals surface area contributed by atoms with Crippen molar-refractivity contribution in [3.05, 3.63) is 30.3 Å². The fraction of sp³-hybridized carbons (Fsp3) is 0.636. The average molecular weight is 547 g/mol. The molecule has 2 fully saturated rings. The fourth-order valence-corrected chi connectivity index (χ4v) is 4.80. The van der Waals surface area contributed by atoms with Gasteiger partial charge >= 0.3 is 0 Å². The number of amides is 1. The fourth-order valence-electron chi connectivity index (χ4n) is 4.01. The summed E-state index contributed by atoms with van der Waals surface area (Å²) in [7, 11) is 3.52. The number of halogens is 1. The standard InChI is InChI=1S/C22H34N4O2S.HI/c1-26(2)20(27)17-24-21(23-13-15-29-19-8-4-3-5-9-19)25-18-10-14-28-22(16-18)11-6-7-12-22;/h3-5,8-9,18H,6-7,10-17H2,1-2H3,(H2,23,24,25);1H. The van der Waals surface area contributed by atoms with Crippen LogP contribution in [0.5, 0.6) is 0 Å². The van der Waals surface area contributed by atoms with E-state index in [9.17, 15) is 4.79 Å². The summed E-state index contributed by atoms with van der Waals surface area (Å²) in [5.74, 6) is 1.67. The Hall–Kier alpha value is -1.000. The number of carbonyl (C=O) groups is 1. The Kier molecular flexibility index (Phi) is 10.7. The van der Waals surface area contributed by atoms with Gasteiger partial charge in [0.05, 0.1) is 5.60 Å². The molecule has 0 aromatic heterocycles. The van der Waals surface area contributed by atoms with Crippen LogP contribution in [-0.2, 0) is 9.53 Å². The summed E-state index contributed by atoms with van der Waals surface area (Å²) in [5, 5.41) is 7.00. The van der Waals surface area contributed by atoms with E-state index in [-0.39, 0.29) is 42.0 Å². The van der Waals surface area contributed by atoms with Crippen LogP contribution in [0.1, 0.15) is 38.5 Å². The SMILES string of the molecule is CN(C)C(=O)CN=C(NCCSc1ccccc1)NC1CCOC2(CCCC2)C1.I. The largest absolute Gasteiger partial charge is 0.375 e. The minimum absolute atomic E-state index is 0. The van der Waals surface area contributed by atoms with Crippen LogP contribution in [0.4, 0.5) is 0 Å². The van der Waals surface area contributed by atoms with E-state index in [0.29, 0.717) is 6.04 Å². The molecule has 8 heteroatoms. The molecule has 1 unspecified atom stereocenters. The van der Waals surface area contributed by atoms with E-state index in [1.165, 1.54) is 17.7 Å². The lowest BCUT2D eigenvalue weighted by atomic mass is 9.89. The molecule has 0 radical (unpaired) electrons. The lowest BCUT2D eigenvalue weighted by molar-refractivity contribution is -0.127. The summed E-state index contributed by atoms with van der Waals surface area (Å²) < 4.78 is 6.15. The maximum Gasteiger partial charge on any atom is 0.243 e. The van der Waals surface area contributed by atoms with Gasteiger partial charge in [-0.2, -0.15) is 0 Å². The van der Waals surface area contributed by atoms with Gasteiger partial charge in [-0.05, 0) is 37.8 Å². The molecule has 1 saturated heterocycles. The summed E-state index contributed by atoms with van der Waals surface area (Å²) in [6.07, 6.45) is 6.85. The van der Waals surface area contributed by atoms with E-state index < -0.39 is 0 Å². The van der Waals surface area contributed by atoms with Gasteiger partial charge in [0.25, 0.3) is 0 Å². The predicted molar refractivity (Wildman–Crippen MR) is 135 cm³/mol. The molecule has 1 aliphatic heterocycles. The molecule has 1 saturated carbocycles. The molecular weight excluding hydrogens is 511 g/mol. The third-order valence-electron chi connectivity index (χ3n) is 5.63. The van der Waals surface area contributed by atoms with Gasteiger partial charge in [-0.15, -0.1) is 35.7 Å². The van der Waals surface area contributed by atoms with Gasteiger partial charge in [0.15, 0.2) is 5.96 Å². The Bertz CT molecular complexity index is 681. The normalized spacial score (nSPS) is 20.5. The monoisotopic (exact) mass is 546 g/mol. The molecular formula is C22H35IN4O2S. The first kappa shape index (κ1) is 25.3. The average Bonchev–Trinajstić information content (AvgIpc) is 3.17. The first-order valence-corrected chi connectivity index (χ1v) is 11.6. The lowest BCUT2D eigenvalue weighted by Gasteiger charge is -2.39. The Morgan fingerprint density at radius 1 is 1.27 bits per heavy atom.